The maximum Gasteiger partial charge on any atom is 0.254 e. The van der Waals surface area contributed by atoms with E-state index in [9.17, 15) is 10.2 Å². The molecule has 0 unspecified atom stereocenters. The van der Waals surface area contributed by atoms with Gasteiger partial charge in [-0.25, -0.2) is 0 Å². The second-order valence-electron chi connectivity index (χ2n) is 5.94. The fourth-order valence-corrected chi connectivity index (χ4v) is 3.13. The van der Waals surface area contributed by atoms with Crippen LogP contribution in [-0.2, 0) is 7.05 Å². The maximum atomic E-state index is 10.2. The molecule has 2 aromatic carbocycles. The van der Waals surface area contributed by atoms with E-state index in [1.54, 1.807) is 18.3 Å². The highest BCUT2D eigenvalue weighted by molar-refractivity contribution is 5.93. The number of phenolic OH excluding ortho intramolecular Hbond substituents is 2. The Kier molecular flexibility index (Phi) is 3.58. The molecular formula is C21H17N2O2+. The van der Waals surface area contributed by atoms with E-state index in [0.29, 0.717) is 5.52 Å². The van der Waals surface area contributed by atoms with Crippen molar-refractivity contribution in [1.29, 1.82) is 0 Å². The Hall–Kier alpha value is -3.40. The summed E-state index contributed by atoms with van der Waals surface area (Å²) in [5.41, 5.74) is 3.31. The van der Waals surface area contributed by atoms with Crippen LogP contribution < -0.4 is 4.57 Å². The molecule has 4 nitrogen and oxygen atoms in total. The number of nitrogens with zero attached hydrogens (tertiary/aromatic N) is 2. The van der Waals surface area contributed by atoms with Crippen LogP contribution in [0.25, 0.3) is 34.0 Å². The molecule has 0 fully saturated rings. The Morgan fingerprint density at radius 2 is 1.76 bits per heavy atom. The highest BCUT2D eigenvalue weighted by atomic mass is 16.3. The summed E-state index contributed by atoms with van der Waals surface area (Å²) in [6, 6.07) is 16.8. The first-order valence-electron chi connectivity index (χ1n) is 8.00. The number of fused-ring (bicyclic) bond motifs is 2. The van der Waals surface area contributed by atoms with E-state index in [1.807, 2.05) is 66.2 Å². The fourth-order valence-electron chi connectivity index (χ4n) is 3.13. The van der Waals surface area contributed by atoms with E-state index in [0.717, 1.165) is 27.5 Å². The van der Waals surface area contributed by atoms with Gasteiger partial charge in [0.05, 0.1) is 5.39 Å². The molecule has 0 saturated carbocycles. The molecule has 4 heteroatoms. The maximum absolute atomic E-state index is 10.2. The van der Waals surface area contributed by atoms with Crippen LogP contribution in [0.4, 0.5) is 0 Å². The molecule has 122 valence electrons. The Bertz CT molecular complexity index is 1130. The number of aromatic hydroxyl groups is 2. The van der Waals surface area contributed by atoms with Gasteiger partial charge >= 0.3 is 0 Å². The first kappa shape index (κ1) is 15.1. The van der Waals surface area contributed by atoms with E-state index in [2.05, 4.69) is 4.98 Å². The van der Waals surface area contributed by atoms with Gasteiger partial charge in [0.15, 0.2) is 5.75 Å². The molecule has 0 radical (unpaired) electrons. The van der Waals surface area contributed by atoms with Gasteiger partial charge in [-0.15, -0.1) is 0 Å². The summed E-state index contributed by atoms with van der Waals surface area (Å²) in [5.74, 6) is 0.434. The lowest BCUT2D eigenvalue weighted by molar-refractivity contribution is -0.646. The number of para-hydroxylation sites is 1. The van der Waals surface area contributed by atoms with Crippen LogP contribution in [-0.4, -0.2) is 15.2 Å². The third kappa shape index (κ3) is 2.58. The predicted molar refractivity (Wildman–Crippen MR) is 99.1 cm³/mol. The van der Waals surface area contributed by atoms with E-state index in [-0.39, 0.29) is 11.5 Å². The van der Waals surface area contributed by atoms with Crippen molar-refractivity contribution >= 4 is 34.0 Å². The summed E-state index contributed by atoms with van der Waals surface area (Å²) in [6.07, 6.45) is 5.65. The quantitative estimate of drug-likeness (QED) is 0.550. The molecule has 0 aliphatic heterocycles. The molecule has 4 rings (SSSR count). The molecule has 0 atom stereocenters. The number of rotatable bonds is 2. The summed E-state index contributed by atoms with van der Waals surface area (Å²) in [6.45, 7) is 0. The van der Waals surface area contributed by atoms with Gasteiger partial charge in [-0.05, 0) is 42.0 Å². The fraction of sp³-hybridized carbons (Fsp3) is 0.0476. The molecule has 0 spiro atoms. The van der Waals surface area contributed by atoms with Gasteiger partial charge in [0.25, 0.3) is 5.52 Å². The molecule has 0 amide bonds. The number of aryl methyl sites for hydroxylation is 1. The average molecular weight is 329 g/mol. The molecular weight excluding hydrogens is 312 g/mol. The van der Waals surface area contributed by atoms with Crippen LogP contribution in [0.5, 0.6) is 11.5 Å². The SMILES string of the molecule is C[n+]1c(C=Cc2ccc(O)c3ncccc23)ccc2cccc(O)c21. The van der Waals surface area contributed by atoms with Crippen LogP contribution in [0.1, 0.15) is 11.3 Å². The van der Waals surface area contributed by atoms with Crippen molar-refractivity contribution < 1.29 is 14.8 Å². The lowest BCUT2D eigenvalue weighted by Gasteiger charge is -2.04. The molecule has 0 saturated heterocycles. The molecule has 25 heavy (non-hydrogen) atoms. The Balaban J connectivity index is 1.84. The van der Waals surface area contributed by atoms with Gasteiger partial charge in [-0.2, -0.15) is 4.57 Å². The molecule has 0 bridgehead atoms. The number of pyridine rings is 2. The Morgan fingerprint density at radius 1 is 0.880 bits per heavy atom. The lowest BCUT2D eigenvalue weighted by Crippen LogP contribution is -2.32. The molecule has 0 aliphatic carbocycles. The topological polar surface area (TPSA) is 57.2 Å². The van der Waals surface area contributed by atoms with Crippen LogP contribution in [0, 0.1) is 0 Å². The van der Waals surface area contributed by atoms with Gasteiger partial charge in [-0.1, -0.05) is 18.2 Å². The normalized spacial score (nSPS) is 11.6. The number of aromatic nitrogens is 2. The van der Waals surface area contributed by atoms with Gasteiger partial charge in [0.2, 0.25) is 5.69 Å². The summed E-state index contributed by atoms with van der Waals surface area (Å²) < 4.78 is 1.96. The first-order chi connectivity index (χ1) is 12.1. The minimum atomic E-state index is 0.175. The first-order valence-corrected chi connectivity index (χ1v) is 8.00. The highest BCUT2D eigenvalue weighted by Gasteiger charge is 2.13. The van der Waals surface area contributed by atoms with Crippen molar-refractivity contribution in [3.63, 3.8) is 0 Å². The number of hydrogen-bond acceptors (Lipinski definition) is 3. The van der Waals surface area contributed by atoms with Gasteiger partial charge in [-0.3, -0.25) is 4.98 Å². The Labute approximate surface area is 144 Å². The average Bonchev–Trinajstić information content (AvgIpc) is 2.63. The van der Waals surface area contributed by atoms with Crippen LogP contribution in [0.2, 0.25) is 0 Å². The van der Waals surface area contributed by atoms with Crippen molar-refractivity contribution in [2.45, 2.75) is 0 Å². The van der Waals surface area contributed by atoms with Gasteiger partial charge in [0.1, 0.15) is 18.3 Å². The second-order valence-corrected chi connectivity index (χ2v) is 5.94. The number of phenols is 2. The standard InChI is InChI=1S/C21H16N2O2/c1-23-16(11-8-15-4-2-6-19(25)21(15)23)10-7-14-9-12-18(24)20-17(14)5-3-13-22-20/h2-13,25H,1H3/p+1. The molecule has 2 N–H and O–H groups in total. The van der Waals surface area contributed by atoms with Crippen LogP contribution in [0.15, 0.2) is 60.8 Å². The van der Waals surface area contributed by atoms with Gasteiger partial charge < -0.3 is 10.2 Å². The van der Waals surface area contributed by atoms with Crippen molar-refractivity contribution in [1.82, 2.24) is 4.98 Å². The molecule has 4 aromatic rings. The second kappa shape index (κ2) is 5.91. The van der Waals surface area contributed by atoms with Crippen molar-refractivity contribution in [3.8, 4) is 11.5 Å². The zero-order valence-corrected chi connectivity index (χ0v) is 13.7. The summed E-state index contributed by atoms with van der Waals surface area (Å²) in [4.78, 5) is 4.24. The van der Waals surface area contributed by atoms with E-state index in [1.165, 1.54) is 0 Å². The van der Waals surface area contributed by atoms with Crippen molar-refractivity contribution in [2.75, 3.05) is 0 Å². The van der Waals surface area contributed by atoms with Crippen LogP contribution in [0.3, 0.4) is 0 Å². The molecule has 2 aromatic heterocycles. The zero-order valence-electron chi connectivity index (χ0n) is 13.7. The smallest absolute Gasteiger partial charge is 0.254 e. The number of hydrogen-bond donors (Lipinski definition) is 2. The predicted octanol–water partition coefficient (Wildman–Crippen LogP) is 3.79. The van der Waals surface area contributed by atoms with Crippen molar-refractivity contribution in [3.05, 3.63) is 72.1 Å². The van der Waals surface area contributed by atoms with Gasteiger partial charge in [0, 0.05) is 23.7 Å². The third-order valence-corrected chi connectivity index (χ3v) is 4.42. The summed E-state index contributed by atoms with van der Waals surface area (Å²) >= 11 is 0. The Morgan fingerprint density at radius 3 is 2.64 bits per heavy atom. The third-order valence-electron chi connectivity index (χ3n) is 4.42. The lowest BCUT2D eigenvalue weighted by atomic mass is 10.1. The van der Waals surface area contributed by atoms with Crippen molar-refractivity contribution in [2.24, 2.45) is 7.05 Å². The highest BCUT2D eigenvalue weighted by Crippen LogP contribution is 2.27. The molecule has 2 heterocycles. The minimum Gasteiger partial charge on any atom is -0.506 e. The van der Waals surface area contributed by atoms with E-state index in [4.69, 9.17) is 0 Å². The summed E-state index contributed by atoms with van der Waals surface area (Å²) in [5, 5.41) is 22.0. The summed E-state index contributed by atoms with van der Waals surface area (Å²) in [7, 11) is 1.93. The monoisotopic (exact) mass is 329 g/mol. The zero-order chi connectivity index (χ0) is 17.4. The largest absolute Gasteiger partial charge is 0.506 e. The van der Waals surface area contributed by atoms with Crippen LogP contribution >= 0.6 is 0 Å². The number of benzene rings is 2. The molecule has 0 aliphatic rings. The van der Waals surface area contributed by atoms with E-state index >= 15 is 0 Å². The van der Waals surface area contributed by atoms with E-state index < -0.39 is 0 Å². The minimum absolute atomic E-state index is 0.175.